The van der Waals surface area contributed by atoms with Crippen molar-refractivity contribution in [1.82, 2.24) is 5.32 Å². The predicted octanol–water partition coefficient (Wildman–Crippen LogP) is 2.86. The molecule has 0 aliphatic carbocycles. The topological polar surface area (TPSA) is 76.4 Å². The molecule has 1 aromatic carbocycles. The molecule has 0 fully saturated rings. The highest BCUT2D eigenvalue weighted by atomic mass is 16.6. The number of fused-ring (bicyclic) bond motifs is 1. The number of nitrogens with one attached hydrogen (secondary N) is 2. The van der Waals surface area contributed by atoms with Gasteiger partial charge in [-0.2, -0.15) is 0 Å². The number of hydrogen-bond acceptors (Lipinski definition) is 5. The average molecular weight is 307 g/mol. The minimum absolute atomic E-state index is 0.136. The third-order valence-corrected chi connectivity index (χ3v) is 3.86. The van der Waals surface area contributed by atoms with Crippen LogP contribution in [0.3, 0.4) is 0 Å². The fourth-order valence-electron chi connectivity index (χ4n) is 2.68. The maximum Gasteiger partial charge on any atom is 0.277 e. The third-order valence-electron chi connectivity index (χ3n) is 3.86. The van der Waals surface area contributed by atoms with Gasteiger partial charge in [-0.3, -0.25) is 10.1 Å². The molecular weight excluding hydrogens is 282 g/mol. The first-order valence-electron chi connectivity index (χ1n) is 7.89. The van der Waals surface area contributed by atoms with E-state index in [1.807, 2.05) is 13.0 Å². The van der Waals surface area contributed by atoms with Crippen LogP contribution >= 0.6 is 0 Å². The van der Waals surface area contributed by atoms with Crippen molar-refractivity contribution < 1.29 is 9.66 Å². The van der Waals surface area contributed by atoms with E-state index < -0.39 is 0 Å². The van der Waals surface area contributed by atoms with Gasteiger partial charge in [0.2, 0.25) is 0 Å². The summed E-state index contributed by atoms with van der Waals surface area (Å²) >= 11 is 0. The molecule has 0 spiro atoms. The lowest BCUT2D eigenvalue weighted by molar-refractivity contribution is -0.385. The second-order valence-electron chi connectivity index (χ2n) is 5.98. The predicted molar refractivity (Wildman–Crippen MR) is 87.3 cm³/mol. The Bertz CT molecular complexity index is 532. The van der Waals surface area contributed by atoms with Crippen molar-refractivity contribution in [3.05, 3.63) is 33.4 Å². The molecule has 0 saturated heterocycles. The maximum absolute atomic E-state index is 11.3. The van der Waals surface area contributed by atoms with E-state index in [0.717, 1.165) is 30.6 Å². The number of nitro groups is 1. The summed E-state index contributed by atoms with van der Waals surface area (Å²) in [5.74, 6) is 0. The number of aryl methyl sites for hydroxylation is 1. The van der Waals surface area contributed by atoms with E-state index in [4.69, 9.17) is 4.74 Å². The standard InChI is InChI=1S/C16H25N3O3/c1-4-22-10-13-7-12-5-6-14(9-17-11(2)3)18-15(12)8-16(13)19(20)21/h7-8,11,14,17-18H,4-6,9-10H2,1-3H3. The number of benzene rings is 1. The van der Waals surface area contributed by atoms with Gasteiger partial charge in [0.1, 0.15) is 0 Å². The summed E-state index contributed by atoms with van der Waals surface area (Å²) in [5.41, 5.74) is 2.82. The molecule has 1 unspecified atom stereocenters. The van der Waals surface area contributed by atoms with Crippen molar-refractivity contribution in [3.8, 4) is 0 Å². The summed E-state index contributed by atoms with van der Waals surface area (Å²) in [6.45, 7) is 7.82. The Balaban J connectivity index is 2.17. The minimum atomic E-state index is -0.327. The van der Waals surface area contributed by atoms with Crippen molar-refractivity contribution in [2.75, 3.05) is 18.5 Å². The smallest absolute Gasteiger partial charge is 0.277 e. The van der Waals surface area contributed by atoms with E-state index in [1.165, 1.54) is 0 Å². The monoisotopic (exact) mass is 307 g/mol. The number of hydrogen-bond donors (Lipinski definition) is 2. The first-order chi connectivity index (χ1) is 10.5. The van der Waals surface area contributed by atoms with Crippen LogP contribution in [0.4, 0.5) is 11.4 Å². The van der Waals surface area contributed by atoms with Crippen LogP contribution in [0.2, 0.25) is 0 Å². The molecule has 1 aliphatic rings. The van der Waals surface area contributed by atoms with E-state index in [-0.39, 0.29) is 10.6 Å². The second kappa shape index (κ2) is 7.56. The average Bonchev–Trinajstić information content (AvgIpc) is 2.49. The summed E-state index contributed by atoms with van der Waals surface area (Å²) in [6.07, 6.45) is 1.96. The van der Waals surface area contributed by atoms with Gasteiger partial charge in [0, 0.05) is 37.0 Å². The van der Waals surface area contributed by atoms with Crippen LogP contribution < -0.4 is 10.6 Å². The van der Waals surface area contributed by atoms with Crippen LogP contribution in [0.5, 0.6) is 0 Å². The van der Waals surface area contributed by atoms with Crippen LogP contribution in [0, 0.1) is 10.1 Å². The molecule has 2 rings (SSSR count). The van der Waals surface area contributed by atoms with Crippen molar-refractivity contribution in [3.63, 3.8) is 0 Å². The van der Waals surface area contributed by atoms with E-state index in [0.29, 0.717) is 30.9 Å². The van der Waals surface area contributed by atoms with Gasteiger partial charge in [-0.25, -0.2) is 0 Å². The Hall–Kier alpha value is -1.66. The number of nitro benzene ring substituents is 1. The van der Waals surface area contributed by atoms with Gasteiger partial charge in [0.25, 0.3) is 5.69 Å². The molecule has 122 valence electrons. The Labute approximate surface area is 131 Å². The number of nitrogens with zero attached hydrogens (tertiary/aromatic N) is 1. The van der Waals surface area contributed by atoms with Gasteiger partial charge >= 0.3 is 0 Å². The van der Waals surface area contributed by atoms with Crippen molar-refractivity contribution in [1.29, 1.82) is 0 Å². The molecule has 1 aromatic rings. The molecule has 0 amide bonds. The van der Waals surface area contributed by atoms with Gasteiger partial charge in [0.05, 0.1) is 17.1 Å². The van der Waals surface area contributed by atoms with Crippen molar-refractivity contribution >= 4 is 11.4 Å². The summed E-state index contributed by atoms with van der Waals surface area (Å²) in [6, 6.07) is 4.33. The van der Waals surface area contributed by atoms with Crippen LogP contribution in [0.15, 0.2) is 12.1 Å². The van der Waals surface area contributed by atoms with E-state index in [9.17, 15) is 10.1 Å². The first-order valence-corrected chi connectivity index (χ1v) is 7.89. The van der Waals surface area contributed by atoms with Crippen molar-refractivity contribution in [2.24, 2.45) is 0 Å². The van der Waals surface area contributed by atoms with Crippen molar-refractivity contribution in [2.45, 2.75) is 52.3 Å². The highest BCUT2D eigenvalue weighted by molar-refractivity contribution is 5.62. The summed E-state index contributed by atoms with van der Waals surface area (Å²) in [4.78, 5) is 11.0. The highest BCUT2D eigenvalue weighted by Crippen LogP contribution is 2.32. The number of anilines is 1. The lowest BCUT2D eigenvalue weighted by Crippen LogP contribution is -2.38. The summed E-state index contributed by atoms with van der Waals surface area (Å²) < 4.78 is 5.35. The molecule has 6 heteroatoms. The lowest BCUT2D eigenvalue weighted by atomic mass is 9.95. The Kier molecular flexibility index (Phi) is 5.74. The third kappa shape index (κ3) is 4.18. The van der Waals surface area contributed by atoms with Gasteiger partial charge in [-0.1, -0.05) is 13.8 Å². The van der Waals surface area contributed by atoms with Gasteiger partial charge in [-0.15, -0.1) is 0 Å². The Morgan fingerprint density at radius 3 is 2.91 bits per heavy atom. The van der Waals surface area contributed by atoms with Crippen LogP contribution in [-0.4, -0.2) is 30.2 Å². The summed E-state index contributed by atoms with van der Waals surface area (Å²) in [7, 11) is 0. The lowest BCUT2D eigenvalue weighted by Gasteiger charge is -2.28. The largest absolute Gasteiger partial charge is 0.381 e. The zero-order valence-electron chi connectivity index (χ0n) is 13.5. The Morgan fingerprint density at radius 2 is 2.27 bits per heavy atom. The van der Waals surface area contributed by atoms with E-state index in [2.05, 4.69) is 24.5 Å². The zero-order valence-corrected chi connectivity index (χ0v) is 13.5. The fourth-order valence-corrected chi connectivity index (χ4v) is 2.68. The quantitative estimate of drug-likeness (QED) is 0.598. The molecule has 1 atom stereocenters. The molecule has 22 heavy (non-hydrogen) atoms. The van der Waals surface area contributed by atoms with E-state index in [1.54, 1.807) is 6.07 Å². The number of rotatable bonds is 7. The molecule has 1 aliphatic heterocycles. The Morgan fingerprint density at radius 1 is 1.50 bits per heavy atom. The van der Waals surface area contributed by atoms with Gasteiger partial charge in [0.15, 0.2) is 0 Å². The first kappa shape index (κ1) is 16.7. The molecule has 1 heterocycles. The normalized spacial score (nSPS) is 17.2. The van der Waals surface area contributed by atoms with Crippen LogP contribution in [0.1, 0.15) is 38.3 Å². The molecular formula is C16H25N3O3. The maximum atomic E-state index is 11.3. The van der Waals surface area contributed by atoms with Crippen LogP contribution in [0.25, 0.3) is 0 Å². The number of ether oxygens (including phenoxy) is 1. The zero-order chi connectivity index (χ0) is 16.1. The van der Waals surface area contributed by atoms with E-state index >= 15 is 0 Å². The molecule has 6 nitrogen and oxygen atoms in total. The second-order valence-corrected chi connectivity index (χ2v) is 5.98. The molecule has 0 saturated carbocycles. The van der Waals surface area contributed by atoms with Gasteiger partial charge < -0.3 is 15.4 Å². The molecule has 0 aromatic heterocycles. The molecule has 2 N–H and O–H groups in total. The molecule has 0 radical (unpaired) electrons. The molecule has 0 bridgehead atoms. The summed E-state index contributed by atoms with van der Waals surface area (Å²) in [5, 5.41) is 18.1. The van der Waals surface area contributed by atoms with Crippen LogP contribution in [-0.2, 0) is 17.8 Å². The fraction of sp³-hybridized carbons (Fsp3) is 0.625. The van der Waals surface area contributed by atoms with Gasteiger partial charge in [-0.05, 0) is 31.4 Å². The SMILES string of the molecule is CCOCc1cc2c(cc1[N+](=O)[O-])NC(CNC(C)C)CC2. The highest BCUT2D eigenvalue weighted by Gasteiger charge is 2.23. The minimum Gasteiger partial charge on any atom is -0.381 e.